The van der Waals surface area contributed by atoms with Gasteiger partial charge in [-0.1, -0.05) is 29.8 Å². The molecule has 4 aromatic rings. The number of hydrazine groups is 1. The van der Waals surface area contributed by atoms with E-state index in [2.05, 4.69) is 9.87 Å². The van der Waals surface area contributed by atoms with Crippen LogP contribution in [0.5, 0.6) is 0 Å². The van der Waals surface area contributed by atoms with Crippen LogP contribution in [0.3, 0.4) is 0 Å². The smallest absolute Gasteiger partial charge is 0.288 e. The number of imidazole rings is 1. The van der Waals surface area contributed by atoms with Crippen LogP contribution in [0.15, 0.2) is 71.9 Å². The summed E-state index contributed by atoms with van der Waals surface area (Å²) in [5.74, 6) is 3.24. The number of thioether (sulfide) groups is 1. The molecule has 0 unspecified atom stereocenters. The van der Waals surface area contributed by atoms with Crippen molar-refractivity contribution >= 4 is 34.7 Å². The summed E-state index contributed by atoms with van der Waals surface area (Å²) in [5.41, 5.74) is 8.80. The molecule has 7 nitrogen and oxygen atoms in total. The molecule has 12 heteroatoms. The van der Waals surface area contributed by atoms with E-state index in [9.17, 15) is 8.78 Å². The van der Waals surface area contributed by atoms with Crippen molar-refractivity contribution in [3.8, 4) is 16.8 Å². The lowest BCUT2D eigenvalue weighted by atomic mass is 10.0. The number of alkyl halides is 2. The molecule has 0 radical (unpaired) electrons. The van der Waals surface area contributed by atoms with E-state index >= 15 is 4.39 Å². The topological polar surface area (TPSA) is 103 Å². The Morgan fingerprint density at radius 1 is 1.18 bits per heavy atom. The van der Waals surface area contributed by atoms with Crippen molar-refractivity contribution in [2.75, 3.05) is 11.3 Å². The predicted octanol–water partition coefficient (Wildman–Crippen LogP) is 7.10. The fourth-order valence-electron chi connectivity index (χ4n) is 4.26. The number of aromatic nitrogens is 2. The van der Waals surface area contributed by atoms with Crippen molar-refractivity contribution in [3.63, 3.8) is 0 Å². The molecular formula is C28H27ClF3N5O2S. The first-order valence-electron chi connectivity index (χ1n) is 11.9. The van der Waals surface area contributed by atoms with Crippen LogP contribution in [0.1, 0.15) is 29.6 Å². The normalized spacial score (nSPS) is 12.2. The van der Waals surface area contributed by atoms with E-state index in [0.29, 0.717) is 49.5 Å². The van der Waals surface area contributed by atoms with E-state index in [0.717, 1.165) is 6.92 Å². The van der Waals surface area contributed by atoms with Crippen molar-refractivity contribution < 1.29 is 23.3 Å². The molecular weight excluding hydrogens is 563 g/mol. The van der Waals surface area contributed by atoms with Crippen LogP contribution in [-0.2, 0) is 17.4 Å². The molecule has 0 aliphatic carbocycles. The molecule has 0 aliphatic heterocycles. The highest BCUT2D eigenvalue weighted by atomic mass is 35.5. The summed E-state index contributed by atoms with van der Waals surface area (Å²) in [6.45, 7) is 2.07. The van der Waals surface area contributed by atoms with Gasteiger partial charge in [0.1, 0.15) is 23.9 Å². The van der Waals surface area contributed by atoms with Gasteiger partial charge < -0.3 is 10.3 Å². The monoisotopic (exact) mass is 589 g/mol. The first-order chi connectivity index (χ1) is 19.0. The molecule has 0 bridgehead atoms. The number of halogens is 4. The molecule has 0 saturated carbocycles. The molecule has 4 rings (SSSR count). The van der Waals surface area contributed by atoms with Gasteiger partial charge in [-0.05, 0) is 60.7 Å². The zero-order valence-corrected chi connectivity index (χ0v) is 23.4. The van der Waals surface area contributed by atoms with Crippen LogP contribution < -0.4 is 16.6 Å². The fourth-order valence-corrected chi connectivity index (χ4v) is 5.03. The maximum Gasteiger partial charge on any atom is 0.288 e. The fraction of sp³-hybridized carbons (Fsp3) is 0.179. The largest absolute Gasteiger partial charge is 0.403 e. The molecule has 0 fully saturated rings. The van der Waals surface area contributed by atoms with Crippen LogP contribution in [0.25, 0.3) is 22.5 Å². The zero-order valence-electron chi connectivity index (χ0n) is 21.8. The highest BCUT2D eigenvalue weighted by Gasteiger charge is 2.29. The summed E-state index contributed by atoms with van der Waals surface area (Å²) in [6, 6.07) is 15.1. The van der Waals surface area contributed by atoms with Gasteiger partial charge >= 0.3 is 0 Å². The second kappa shape index (κ2) is 11.9. The summed E-state index contributed by atoms with van der Waals surface area (Å²) in [5, 5.41) is 10.7. The molecule has 3 aromatic carbocycles. The Labute approximate surface area is 238 Å². The van der Waals surface area contributed by atoms with Gasteiger partial charge in [0.25, 0.3) is 5.92 Å². The Balaban J connectivity index is 1.92. The van der Waals surface area contributed by atoms with E-state index in [4.69, 9.17) is 28.4 Å². The number of benzene rings is 3. The highest BCUT2D eigenvalue weighted by Crippen LogP contribution is 2.37. The number of aryl methyl sites for hydroxylation is 1. The summed E-state index contributed by atoms with van der Waals surface area (Å²) in [6.07, 6.45) is 4.36. The highest BCUT2D eigenvalue weighted by molar-refractivity contribution is 7.98. The first kappa shape index (κ1) is 29.5. The molecule has 0 spiro atoms. The molecule has 0 saturated heterocycles. The third-order valence-corrected chi connectivity index (χ3v) is 7.36. The number of rotatable bonds is 9. The van der Waals surface area contributed by atoms with Crippen molar-refractivity contribution in [2.24, 2.45) is 11.6 Å². The lowest BCUT2D eigenvalue weighted by Crippen LogP contribution is -2.31. The average molecular weight is 590 g/mol. The van der Waals surface area contributed by atoms with E-state index in [1.165, 1.54) is 39.8 Å². The van der Waals surface area contributed by atoms with E-state index in [1.807, 2.05) is 0 Å². The minimum Gasteiger partial charge on any atom is -0.403 e. The summed E-state index contributed by atoms with van der Waals surface area (Å²) >= 11 is 7.35. The predicted molar refractivity (Wildman–Crippen MR) is 153 cm³/mol. The first-order valence-corrected chi connectivity index (χ1v) is 13.5. The standard InChI is InChI=1S/C28H27ClF3N5O2S/c1-16-35-27(28(2,31)32)14-36(16)23-9-6-18(19-10-22(30)21(15-39-38)26(12-19)40-3)11-24(23)37(34)25(13-33)17-4-7-20(29)8-5-17/h4-14,38H,15,33-34H2,1-3H3/b25-13-. The second-order valence-corrected chi connectivity index (χ2v) is 10.3. The van der Waals surface area contributed by atoms with Crippen LogP contribution >= 0.6 is 23.4 Å². The second-order valence-electron chi connectivity index (χ2n) is 8.98. The minimum absolute atomic E-state index is 0.217. The van der Waals surface area contributed by atoms with E-state index in [-0.39, 0.29) is 12.2 Å². The quantitative estimate of drug-likeness (QED) is 0.0828. The molecule has 0 atom stereocenters. The summed E-state index contributed by atoms with van der Waals surface area (Å²) < 4.78 is 44.8. The molecule has 0 aliphatic rings. The van der Waals surface area contributed by atoms with Gasteiger partial charge in [0, 0.05) is 40.4 Å². The van der Waals surface area contributed by atoms with Gasteiger partial charge in [-0.2, -0.15) is 8.78 Å². The molecule has 5 N–H and O–H groups in total. The lowest BCUT2D eigenvalue weighted by Gasteiger charge is -2.26. The Morgan fingerprint density at radius 3 is 2.45 bits per heavy atom. The number of hydrogen-bond acceptors (Lipinski definition) is 7. The maximum atomic E-state index is 15.0. The van der Waals surface area contributed by atoms with Crippen molar-refractivity contribution in [2.45, 2.75) is 31.3 Å². The Bertz CT molecular complexity index is 1560. The van der Waals surface area contributed by atoms with E-state index in [1.54, 1.807) is 61.7 Å². The van der Waals surface area contributed by atoms with Crippen molar-refractivity contribution in [1.82, 2.24) is 9.55 Å². The zero-order chi connectivity index (χ0) is 29.2. The minimum atomic E-state index is -3.16. The van der Waals surface area contributed by atoms with Crippen LogP contribution in [0, 0.1) is 12.7 Å². The maximum absolute atomic E-state index is 15.0. The van der Waals surface area contributed by atoms with Crippen LogP contribution in [-0.4, -0.2) is 21.1 Å². The Morgan fingerprint density at radius 2 is 1.88 bits per heavy atom. The van der Waals surface area contributed by atoms with Crippen molar-refractivity contribution in [3.05, 3.63) is 100 Å². The summed E-state index contributed by atoms with van der Waals surface area (Å²) in [7, 11) is 0. The summed E-state index contributed by atoms with van der Waals surface area (Å²) in [4.78, 5) is 8.79. The molecule has 1 aromatic heterocycles. The third kappa shape index (κ3) is 5.98. The van der Waals surface area contributed by atoms with Gasteiger partial charge in [-0.15, -0.1) is 11.8 Å². The molecule has 1 heterocycles. The van der Waals surface area contributed by atoms with Gasteiger partial charge in [0.2, 0.25) is 0 Å². The molecule has 40 heavy (non-hydrogen) atoms. The number of nitrogens with zero attached hydrogens (tertiary/aromatic N) is 3. The SMILES string of the molecule is CSc1cc(-c2ccc(-n3cc(C(C)(F)F)nc3C)c(N(N)/C(=C\N)c3ccc(Cl)cc3)c2)cc(F)c1COO. The number of nitrogens with two attached hydrogens (primary N) is 2. The number of anilines is 1. The van der Waals surface area contributed by atoms with Gasteiger partial charge in [0.05, 0.1) is 17.1 Å². The Hall–Kier alpha value is -3.48. The Kier molecular flexibility index (Phi) is 8.81. The van der Waals surface area contributed by atoms with Crippen LogP contribution in [0.2, 0.25) is 5.02 Å². The molecule has 210 valence electrons. The van der Waals surface area contributed by atoms with Gasteiger partial charge in [-0.25, -0.2) is 20.1 Å². The average Bonchev–Trinajstić information content (AvgIpc) is 3.32. The lowest BCUT2D eigenvalue weighted by molar-refractivity contribution is -0.253. The van der Waals surface area contributed by atoms with Gasteiger partial charge in [-0.3, -0.25) is 10.3 Å². The van der Waals surface area contributed by atoms with E-state index < -0.39 is 17.4 Å². The third-order valence-electron chi connectivity index (χ3n) is 6.30. The number of hydrogen-bond donors (Lipinski definition) is 3. The molecule has 0 amide bonds. The van der Waals surface area contributed by atoms with Crippen molar-refractivity contribution in [1.29, 1.82) is 0 Å². The van der Waals surface area contributed by atoms with Gasteiger partial charge in [0.15, 0.2) is 0 Å². The van der Waals surface area contributed by atoms with Crippen LogP contribution in [0.4, 0.5) is 18.9 Å².